The summed E-state index contributed by atoms with van der Waals surface area (Å²) in [6, 6.07) is 9.89. The average molecular weight is 380 g/mol. The second-order valence-electron chi connectivity index (χ2n) is 5.58. The average Bonchev–Trinajstić information content (AvgIpc) is 2.60. The van der Waals surface area contributed by atoms with Crippen LogP contribution in [-0.2, 0) is 16.3 Å². The monoisotopic (exact) mass is 379 g/mol. The smallest absolute Gasteiger partial charge is 0.201 e. The molecule has 0 radical (unpaired) electrons. The van der Waals surface area contributed by atoms with Crippen LogP contribution in [0.5, 0.6) is 11.5 Å². The van der Waals surface area contributed by atoms with Crippen LogP contribution >= 0.6 is 11.6 Å². The van der Waals surface area contributed by atoms with Crippen molar-refractivity contribution in [3.05, 3.63) is 58.0 Å². The fourth-order valence-corrected chi connectivity index (χ4v) is 4.25. The molecule has 1 aliphatic rings. The van der Waals surface area contributed by atoms with E-state index < -0.39 is 9.84 Å². The van der Waals surface area contributed by atoms with Crippen LogP contribution in [0.2, 0.25) is 5.02 Å². The van der Waals surface area contributed by atoms with Crippen molar-refractivity contribution in [3.8, 4) is 11.5 Å². The quantitative estimate of drug-likeness (QED) is 0.883. The third kappa shape index (κ3) is 3.60. The van der Waals surface area contributed by atoms with Crippen LogP contribution in [0.15, 0.2) is 46.7 Å². The van der Waals surface area contributed by atoms with Gasteiger partial charge in [-0.25, -0.2) is 8.42 Å². The number of nitrogens with one attached hydrogen (secondary N) is 1. The molecule has 1 heterocycles. The fourth-order valence-electron chi connectivity index (χ4n) is 2.78. The van der Waals surface area contributed by atoms with Gasteiger partial charge in [0.1, 0.15) is 0 Å². The molecule has 0 unspecified atom stereocenters. The molecule has 25 heavy (non-hydrogen) atoms. The molecule has 1 N–H and O–H groups in total. The predicted molar refractivity (Wildman–Crippen MR) is 97.9 cm³/mol. The number of fused-ring (bicyclic) bond motifs is 1. The van der Waals surface area contributed by atoms with E-state index in [4.69, 9.17) is 21.1 Å². The van der Waals surface area contributed by atoms with Crippen LogP contribution in [0.4, 0.5) is 0 Å². The molecule has 7 heteroatoms. The van der Waals surface area contributed by atoms with Gasteiger partial charge >= 0.3 is 0 Å². The van der Waals surface area contributed by atoms with E-state index in [1.54, 1.807) is 32.4 Å². The number of ether oxygens (including phenoxy) is 2. The molecule has 0 saturated carbocycles. The minimum absolute atomic E-state index is 0.155. The first-order chi connectivity index (χ1) is 11.9. The lowest BCUT2D eigenvalue weighted by Crippen LogP contribution is -2.23. The van der Waals surface area contributed by atoms with Crippen molar-refractivity contribution in [2.24, 2.45) is 0 Å². The predicted octanol–water partition coefficient (Wildman–Crippen LogP) is 3.28. The molecule has 132 valence electrons. The maximum atomic E-state index is 12.7. The van der Waals surface area contributed by atoms with Gasteiger partial charge in [-0.05, 0) is 42.3 Å². The lowest BCUT2D eigenvalue weighted by atomic mass is 9.98. The molecule has 2 aromatic carbocycles. The Kier molecular flexibility index (Phi) is 4.92. The summed E-state index contributed by atoms with van der Waals surface area (Å²) < 4.78 is 36.1. The van der Waals surface area contributed by atoms with Gasteiger partial charge in [0.05, 0.1) is 30.2 Å². The SMILES string of the molecule is COc1cc2c(cc1OC)C(=CS(=O)(=O)c1cccc(Cl)c1)NCC2. The highest BCUT2D eigenvalue weighted by Crippen LogP contribution is 2.35. The third-order valence-corrected chi connectivity index (χ3v) is 5.70. The van der Waals surface area contributed by atoms with Crippen molar-refractivity contribution in [1.29, 1.82) is 0 Å². The van der Waals surface area contributed by atoms with Gasteiger partial charge in [0.2, 0.25) is 9.84 Å². The van der Waals surface area contributed by atoms with E-state index in [9.17, 15) is 8.42 Å². The zero-order valence-corrected chi connectivity index (χ0v) is 15.4. The van der Waals surface area contributed by atoms with Gasteiger partial charge in [0, 0.05) is 17.1 Å². The first kappa shape index (κ1) is 17.6. The molecule has 0 spiro atoms. The molecule has 0 bridgehead atoms. The van der Waals surface area contributed by atoms with Crippen LogP contribution in [-0.4, -0.2) is 29.2 Å². The summed E-state index contributed by atoms with van der Waals surface area (Å²) in [7, 11) is -0.518. The highest BCUT2D eigenvalue weighted by Gasteiger charge is 2.21. The Morgan fingerprint density at radius 2 is 1.84 bits per heavy atom. The topological polar surface area (TPSA) is 64.6 Å². The molecule has 0 aromatic heterocycles. The maximum absolute atomic E-state index is 12.7. The van der Waals surface area contributed by atoms with Gasteiger partial charge < -0.3 is 14.8 Å². The van der Waals surface area contributed by atoms with Crippen molar-refractivity contribution in [2.75, 3.05) is 20.8 Å². The molecule has 0 fully saturated rings. The Morgan fingerprint density at radius 3 is 2.52 bits per heavy atom. The highest BCUT2D eigenvalue weighted by atomic mass is 35.5. The minimum Gasteiger partial charge on any atom is -0.493 e. The molecule has 3 rings (SSSR count). The first-order valence-corrected chi connectivity index (χ1v) is 9.58. The second-order valence-corrected chi connectivity index (χ2v) is 7.81. The molecule has 2 aromatic rings. The summed E-state index contributed by atoms with van der Waals surface area (Å²) in [6.07, 6.45) is 0.768. The summed E-state index contributed by atoms with van der Waals surface area (Å²) in [5.74, 6) is 1.18. The van der Waals surface area contributed by atoms with Crippen LogP contribution in [0, 0.1) is 0 Å². The van der Waals surface area contributed by atoms with Crippen LogP contribution in [0.1, 0.15) is 11.1 Å². The first-order valence-electron chi connectivity index (χ1n) is 7.66. The van der Waals surface area contributed by atoms with Crippen LogP contribution in [0.25, 0.3) is 5.70 Å². The Bertz CT molecular complexity index is 938. The van der Waals surface area contributed by atoms with Gasteiger partial charge in [0.15, 0.2) is 11.5 Å². The normalized spacial score (nSPS) is 15.4. The Hall–Kier alpha value is -2.18. The van der Waals surface area contributed by atoms with Gasteiger partial charge in [-0.15, -0.1) is 0 Å². The van der Waals surface area contributed by atoms with E-state index in [0.29, 0.717) is 28.8 Å². The number of methoxy groups -OCH3 is 2. The van der Waals surface area contributed by atoms with E-state index in [0.717, 1.165) is 17.5 Å². The van der Waals surface area contributed by atoms with Gasteiger partial charge in [-0.3, -0.25) is 0 Å². The molecule has 0 atom stereocenters. The summed E-state index contributed by atoms with van der Waals surface area (Å²) >= 11 is 5.92. The van der Waals surface area contributed by atoms with E-state index in [1.807, 2.05) is 6.07 Å². The molecular weight excluding hydrogens is 362 g/mol. The number of hydrogen-bond donors (Lipinski definition) is 1. The van der Waals surface area contributed by atoms with Crippen LogP contribution < -0.4 is 14.8 Å². The minimum atomic E-state index is -3.64. The zero-order chi connectivity index (χ0) is 18.0. The van der Waals surface area contributed by atoms with Gasteiger partial charge in [-0.2, -0.15) is 0 Å². The van der Waals surface area contributed by atoms with E-state index >= 15 is 0 Å². The van der Waals surface area contributed by atoms with Crippen molar-refractivity contribution in [2.45, 2.75) is 11.3 Å². The van der Waals surface area contributed by atoms with Crippen molar-refractivity contribution < 1.29 is 17.9 Å². The van der Waals surface area contributed by atoms with E-state index in [2.05, 4.69) is 5.32 Å². The fraction of sp³-hybridized carbons (Fsp3) is 0.222. The van der Waals surface area contributed by atoms with Gasteiger partial charge in [0.25, 0.3) is 0 Å². The lowest BCUT2D eigenvalue weighted by molar-refractivity contribution is 0.354. The molecule has 0 saturated heterocycles. The third-order valence-electron chi connectivity index (χ3n) is 4.01. The summed E-state index contributed by atoms with van der Waals surface area (Å²) in [6.45, 7) is 0.638. The number of rotatable bonds is 4. The molecule has 5 nitrogen and oxygen atoms in total. The largest absolute Gasteiger partial charge is 0.493 e. The standard InChI is InChI=1S/C18H18ClNO4S/c1-23-17-8-12-6-7-20-16(15(12)10-18(17)24-2)11-25(21,22)14-5-3-4-13(19)9-14/h3-5,8-11,20H,6-7H2,1-2H3. The summed E-state index contributed by atoms with van der Waals surface area (Å²) in [4.78, 5) is 0.155. The number of hydrogen-bond acceptors (Lipinski definition) is 5. The van der Waals surface area contributed by atoms with Crippen molar-refractivity contribution in [3.63, 3.8) is 0 Å². The number of halogens is 1. The Morgan fingerprint density at radius 1 is 1.12 bits per heavy atom. The van der Waals surface area contributed by atoms with Gasteiger partial charge in [-0.1, -0.05) is 17.7 Å². The van der Waals surface area contributed by atoms with E-state index in [-0.39, 0.29) is 4.90 Å². The van der Waals surface area contributed by atoms with Crippen molar-refractivity contribution >= 4 is 27.1 Å². The van der Waals surface area contributed by atoms with Crippen LogP contribution in [0.3, 0.4) is 0 Å². The van der Waals surface area contributed by atoms with Crippen molar-refractivity contribution in [1.82, 2.24) is 5.32 Å². The molecule has 0 aliphatic carbocycles. The second kappa shape index (κ2) is 6.98. The summed E-state index contributed by atoms with van der Waals surface area (Å²) in [5, 5.41) is 4.77. The van der Waals surface area contributed by atoms with E-state index in [1.165, 1.54) is 17.5 Å². The highest BCUT2D eigenvalue weighted by molar-refractivity contribution is 7.94. The Labute approximate surface area is 152 Å². The summed E-state index contributed by atoms with van der Waals surface area (Å²) in [5.41, 5.74) is 2.32. The zero-order valence-electron chi connectivity index (χ0n) is 13.9. The number of sulfone groups is 1. The number of benzene rings is 2. The molecule has 0 amide bonds. The Balaban J connectivity index is 2.09. The molecule has 1 aliphatic heterocycles. The maximum Gasteiger partial charge on any atom is 0.201 e. The lowest BCUT2D eigenvalue weighted by Gasteiger charge is -2.23. The molecular formula is C18H18ClNO4S.